The Balaban J connectivity index is 1.78. The van der Waals surface area contributed by atoms with Gasteiger partial charge in [-0.05, 0) is 37.8 Å². The van der Waals surface area contributed by atoms with Crippen molar-refractivity contribution in [2.75, 3.05) is 6.54 Å². The molecule has 2 N–H and O–H groups in total. The third-order valence-electron chi connectivity index (χ3n) is 3.13. The van der Waals surface area contributed by atoms with E-state index in [4.69, 9.17) is 4.74 Å². The number of benzene rings is 1. The summed E-state index contributed by atoms with van der Waals surface area (Å²) in [6.45, 7) is 1.82. The smallest absolute Gasteiger partial charge is 0.260 e. The third kappa shape index (κ3) is 4.21. The van der Waals surface area contributed by atoms with Crippen LogP contribution in [0.1, 0.15) is 19.8 Å². The minimum absolute atomic E-state index is 0.236. The van der Waals surface area contributed by atoms with Crippen LogP contribution in [0.2, 0.25) is 0 Å². The molecule has 1 saturated carbocycles. The van der Waals surface area contributed by atoms with E-state index in [0.717, 1.165) is 12.8 Å². The lowest BCUT2D eigenvalue weighted by Crippen LogP contribution is -2.40. The van der Waals surface area contributed by atoms with Gasteiger partial charge < -0.3 is 15.2 Å². The van der Waals surface area contributed by atoms with Crippen LogP contribution in [0.4, 0.5) is 4.39 Å². The molecule has 19 heavy (non-hydrogen) atoms. The molecule has 1 aliphatic rings. The van der Waals surface area contributed by atoms with E-state index >= 15 is 0 Å². The summed E-state index contributed by atoms with van der Waals surface area (Å²) >= 11 is 0. The highest BCUT2D eigenvalue weighted by atomic mass is 19.1. The molecule has 0 bridgehead atoms. The second-order valence-electron chi connectivity index (χ2n) is 4.87. The van der Waals surface area contributed by atoms with Crippen molar-refractivity contribution >= 4 is 5.91 Å². The Labute approximate surface area is 111 Å². The van der Waals surface area contributed by atoms with Crippen LogP contribution in [0.3, 0.4) is 0 Å². The van der Waals surface area contributed by atoms with E-state index in [1.165, 1.54) is 18.2 Å². The van der Waals surface area contributed by atoms with Gasteiger partial charge in [0.25, 0.3) is 5.91 Å². The highest BCUT2D eigenvalue weighted by Gasteiger charge is 2.30. The molecule has 4 nitrogen and oxygen atoms in total. The molecule has 0 aliphatic heterocycles. The Morgan fingerprint density at radius 2 is 2.32 bits per heavy atom. The van der Waals surface area contributed by atoms with Crippen LogP contribution in [0, 0.1) is 11.7 Å². The predicted molar refractivity (Wildman–Crippen MR) is 68.2 cm³/mol. The van der Waals surface area contributed by atoms with Gasteiger partial charge in [0.2, 0.25) is 0 Å². The van der Waals surface area contributed by atoms with Gasteiger partial charge in [0.05, 0.1) is 6.10 Å². The molecule has 0 spiro atoms. The van der Waals surface area contributed by atoms with E-state index in [-0.39, 0.29) is 12.5 Å². The first-order chi connectivity index (χ1) is 9.06. The maximum atomic E-state index is 13.0. The molecule has 1 amide bonds. The van der Waals surface area contributed by atoms with Crippen molar-refractivity contribution in [2.45, 2.75) is 32.0 Å². The summed E-state index contributed by atoms with van der Waals surface area (Å²) in [7, 11) is 0. The number of hydrogen-bond donors (Lipinski definition) is 2. The van der Waals surface area contributed by atoms with Crippen LogP contribution in [0.25, 0.3) is 0 Å². The van der Waals surface area contributed by atoms with Crippen molar-refractivity contribution in [1.82, 2.24) is 5.32 Å². The van der Waals surface area contributed by atoms with E-state index in [9.17, 15) is 14.3 Å². The van der Waals surface area contributed by atoms with Crippen molar-refractivity contribution in [3.63, 3.8) is 0 Å². The molecule has 0 heterocycles. The van der Waals surface area contributed by atoms with Crippen LogP contribution < -0.4 is 10.1 Å². The molecule has 104 valence electrons. The molecular formula is C14H18FNO3. The Hall–Kier alpha value is -1.62. The monoisotopic (exact) mass is 267 g/mol. The first-order valence-electron chi connectivity index (χ1n) is 6.44. The zero-order chi connectivity index (χ0) is 13.8. The number of carbonyl (C=O) groups excluding carboxylic acids is 1. The summed E-state index contributed by atoms with van der Waals surface area (Å²) in [4.78, 5) is 11.7. The minimum Gasteiger partial charge on any atom is -0.481 e. The van der Waals surface area contributed by atoms with Crippen molar-refractivity contribution in [3.05, 3.63) is 30.1 Å². The van der Waals surface area contributed by atoms with Gasteiger partial charge in [-0.3, -0.25) is 4.79 Å². The highest BCUT2D eigenvalue weighted by molar-refractivity contribution is 5.80. The number of carbonyl (C=O) groups is 1. The number of aliphatic hydroxyl groups is 1. The van der Waals surface area contributed by atoms with Crippen molar-refractivity contribution in [3.8, 4) is 5.75 Å². The Bertz CT molecular complexity index is 448. The summed E-state index contributed by atoms with van der Waals surface area (Å²) in [5, 5.41) is 12.3. The fourth-order valence-corrected chi connectivity index (χ4v) is 1.79. The quantitative estimate of drug-likeness (QED) is 0.820. The molecule has 1 aromatic rings. The van der Waals surface area contributed by atoms with Gasteiger partial charge in [0, 0.05) is 12.6 Å². The van der Waals surface area contributed by atoms with Crippen LogP contribution in [0.5, 0.6) is 5.75 Å². The van der Waals surface area contributed by atoms with Crippen molar-refractivity contribution < 1.29 is 19.0 Å². The average Bonchev–Trinajstić information content (AvgIpc) is 3.19. The van der Waals surface area contributed by atoms with Crippen LogP contribution in [0.15, 0.2) is 24.3 Å². The third-order valence-corrected chi connectivity index (χ3v) is 3.13. The van der Waals surface area contributed by atoms with Gasteiger partial charge in [-0.2, -0.15) is 0 Å². The number of aliphatic hydroxyl groups excluding tert-OH is 1. The lowest BCUT2D eigenvalue weighted by molar-refractivity contribution is -0.127. The van der Waals surface area contributed by atoms with E-state index < -0.39 is 18.0 Å². The van der Waals surface area contributed by atoms with Gasteiger partial charge in [0.1, 0.15) is 11.6 Å². The van der Waals surface area contributed by atoms with Crippen LogP contribution in [-0.4, -0.2) is 29.8 Å². The Morgan fingerprint density at radius 3 is 2.95 bits per heavy atom. The van der Waals surface area contributed by atoms with Crippen molar-refractivity contribution in [1.29, 1.82) is 0 Å². The van der Waals surface area contributed by atoms with Gasteiger partial charge in [-0.25, -0.2) is 4.39 Å². The van der Waals surface area contributed by atoms with E-state index in [1.807, 2.05) is 0 Å². The standard InChI is InChI=1S/C14H18FNO3/c1-9(19-12-4-2-3-11(15)7-12)14(18)16-8-13(17)10-5-6-10/h2-4,7,9-10,13,17H,5-6,8H2,1H3,(H,16,18). The molecule has 0 radical (unpaired) electrons. The molecule has 1 aliphatic carbocycles. The number of ether oxygens (including phenoxy) is 1. The van der Waals surface area contributed by atoms with Gasteiger partial charge in [0.15, 0.2) is 6.10 Å². The molecule has 1 fully saturated rings. The first kappa shape index (κ1) is 13.8. The molecule has 5 heteroatoms. The van der Waals surface area contributed by atoms with E-state index in [0.29, 0.717) is 11.7 Å². The maximum absolute atomic E-state index is 13.0. The molecule has 2 rings (SSSR count). The average molecular weight is 267 g/mol. The minimum atomic E-state index is -0.729. The molecule has 0 saturated heterocycles. The topological polar surface area (TPSA) is 58.6 Å². The molecule has 2 atom stereocenters. The number of rotatable bonds is 6. The maximum Gasteiger partial charge on any atom is 0.260 e. The number of halogens is 1. The summed E-state index contributed by atoms with van der Waals surface area (Å²) in [6, 6.07) is 5.64. The lowest BCUT2D eigenvalue weighted by atomic mass is 10.2. The van der Waals surface area contributed by atoms with Gasteiger partial charge in [-0.1, -0.05) is 6.07 Å². The molecule has 1 aromatic carbocycles. The van der Waals surface area contributed by atoms with Gasteiger partial charge in [-0.15, -0.1) is 0 Å². The largest absolute Gasteiger partial charge is 0.481 e. The molecule has 2 unspecified atom stereocenters. The van der Waals surface area contributed by atoms with E-state index in [2.05, 4.69) is 5.32 Å². The van der Waals surface area contributed by atoms with Crippen LogP contribution >= 0.6 is 0 Å². The predicted octanol–water partition coefficient (Wildman–Crippen LogP) is 1.48. The number of hydrogen-bond acceptors (Lipinski definition) is 3. The second kappa shape index (κ2) is 6.02. The summed E-state index contributed by atoms with van der Waals surface area (Å²) in [6.07, 6.45) is 0.831. The first-order valence-corrected chi connectivity index (χ1v) is 6.44. The zero-order valence-corrected chi connectivity index (χ0v) is 10.8. The lowest BCUT2D eigenvalue weighted by Gasteiger charge is -2.16. The second-order valence-corrected chi connectivity index (χ2v) is 4.87. The number of nitrogens with one attached hydrogen (secondary N) is 1. The zero-order valence-electron chi connectivity index (χ0n) is 10.8. The summed E-state index contributed by atoms with van der Waals surface area (Å²) in [5.74, 6) is -0.0941. The fourth-order valence-electron chi connectivity index (χ4n) is 1.79. The Kier molecular flexibility index (Phi) is 4.37. The SMILES string of the molecule is CC(Oc1cccc(F)c1)C(=O)NCC(O)C1CC1. The normalized spacial score (nSPS) is 17.6. The molecule has 0 aromatic heterocycles. The van der Waals surface area contributed by atoms with Crippen molar-refractivity contribution in [2.24, 2.45) is 5.92 Å². The highest BCUT2D eigenvalue weighted by Crippen LogP contribution is 2.32. The Morgan fingerprint density at radius 1 is 1.58 bits per heavy atom. The molecular weight excluding hydrogens is 249 g/mol. The van der Waals surface area contributed by atoms with Crippen LogP contribution in [-0.2, 0) is 4.79 Å². The van der Waals surface area contributed by atoms with E-state index in [1.54, 1.807) is 13.0 Å². The number of amides is 1. The van der Waals surface area contributed by atoms with Gasteiger partial charge >= 0.3 is 0 Å². The fraction of sp³-hybridized carbons (Fsp3) is 0.500. The summed E-state index contributed by atoms with van der Waals surface area (Å²) < 4.78 is 18.3. The summed E-state index contributed by atoms with van der Waals surface area (Å²) in [5.41, 5.74) is 0.